The molecule has 2 N–H and O–H groups in total. The molecule has 0 bridgehead atoms. The molecule has 222 valence electrons. The van der Waals surface area contributed by atoms with Crippen molar-refractivity contribution in [2.24, 2.45) is 0 Å². The molecular weight excluding hydrogens is 553 g/mol. The number of benzene rings is 2. The van der Waals surface area contributed by atoms with Gasteiger partial charge in [-0.3, -0.25) is 9.20 Å². The number of ether oxygens (including phenoxy) is 2. The number of amides is 1. The first kappa shape index (κ1) is 27.8. The summed E-state index contributed by atoms with van der Waals surface area (Å²) in [7, 11) is 0. The molecule has 8 nitrogen and oxygen atoms in total. The first-order valence-corrected chi connectivity index (χ1v) is 16.0. The Morgan fingerprint density at radius 1 is 1.21 bits per heavy atom. The highest BCUT2D eigenvalue weighted by Gasteiger charge is 2.37. The van der Waals surface area contributed by atoms with E-state index in [1.807, 2.05) is 41.8 Å². The number of hydrogen-bond acceptors (Lipinski definition) is 7. The molecule has 1 amide bonds. The highest BCUT2D eigenvalue weighted by molar-refractivity contribution is 7.23. The van der Waals surface area contributed by atoms with E-state index in [2.05, 4.69) is 15.5 Å². The number of carbonyl (C=O) groups excluding carboxylic acids is 1. The van der Waals surface area contributed by atoms with E-state index in [0.29, 0.717) is 42.3 Å². The number of aromatic nitrogens is 2. The van der Waals surface area contributed by atoms with Crippen LogP contribution >= 0.6 is 11.3 Å². The molecular formula is C32H38FN5O3S. The van der Waals surface area contributed by atoms with E-state index in [9.17, 15) is 4.79 Å². The number of nitrogens with one attached hydrogen (secondary N) is 2. The van der Waals surface area contributed by atoms with Crippen molar-refractivity contribution in [3.8, 4) is 17.0 Å². The summed E-state index contributed by atoms with van der Waals surface area (Å²) in [6.45, 7) is 7.84. The topological polar surface area (TPSA) is 80.1 Å². The van der Waals surface area contributed by atoms with Gasteiger partial charge in [0.1, 0.15) is 11.6 Å². The zero-order valence-corrected chi connectivity index (χ0v) is 24.9. The van der Waals surface area contributed by atoms with Gasteiger partial charge in [-0.15, -0.1) is 0 Å². The molecule has 42 heavy (non-hydrogen) atoms. The number of imidazole rings is 1. The largest absolute Gasteiger partial charge is 0.482 e. The third-order valence-electron chi connectivity index (χ3n) is 8.73. The van der Waals surface area contributed by atoms with Gasteiger partial charge >= 0.3 is 0 Å². The standard InChI is InChI=1S/C32H38FN5O3S/c1-32(19-40-20-32)41-28-17-27-29(16-23(28)30(39)35-11-6-14-37-12-3-2-4-13-37)42-31-36-26(18-38(27)31)22-9-8-21(15-24(22)33)25-7-5-10-34-25/h8-9,15-18,25,34H,2-7,10-14,19-20H2,1H3,(H,35,39)/t25-/m1/s1. The molecule has 2 aromatic carbocycles. The van der Waals surface area contributed by atoms with Gasteiger partial charge in [0.05, 0.1) is 34.7 Å². The average molecular weight is 592 g/mol. The Kier molecular flexibility index (Phi) is 7.64. The van der Waals surface area contributed by atoms with Crippen molar-refractivity contribution >= 4 is 32.4 Å². The minimum atomic E-state index is -0.481. The van der Waals surface area contributed by atoms with Gasteiger partial charge < -0.3 is 25.0 Å². The van der Waals surface area contributed by atoms with Crippen LogP contribution in [0.15, 0.2) is 36.5 Å². The Bertz CT molecular complexity index is 1600. The summed E-state index contributed by atoms with van der Waals surface area (Å²) >= 11 is 1.48. The Morgan fingerprint density at radius 3 is 2.81 bits per heavy atom. The molecule has 3 fully saturated rings. The van der Waals surface area contributed by atoms with Gasteiger partial charge in [0.15, 0.2) is 10.6 Å². The third-order valence-corrected chi connectivity index (χ3v) is 9.75. The molecule has 3 aliphatic heterocycles. The van der Waals surface area contributed by atoms with Crippen molar-refractivity contribution in [2.75, 3.05) is 45.9 Å². The number of piperidine rings is 1. The van der Waals surface area contributed by atoms with Crippen molar-refractivity contribution in [3.05, 3.63) is 53.5 Å². The molecule has 0 spiro atoms. The van der Waals surface area contributed by atoms with E-state index in [4.69, 9.17) is 14.5 Å². The molecule has 0 unspecified atom stereocenters. The maximum Gasteiger partial charge on any atom is 0.255 e. The number of thiazole rings is 1. The highest BCUT2D eigenvalue weighted by Crippen LogP contribution is 2.37. The van der Waals surface area contributed by atoms with E-state index in [1.54, 1.807) is 6.07 Å². The first-order valence-electron chi connectivity index (χ1n) is 15.2. The fourth-order valence-electron chi connectivity index (χ4n) is 6.34. The molecule has 1 atom stereocenters. The minimum Gasteiger partial charge on any atom is -0.482 e. The molecule has 0 radical (unpaired) electrons. The van der Waals surface area contributed by atoms with Gasteiger partial charge in [0.25, 0.3) is 5.91 Å². The van der Waals surface area contributed by atoms with Gasteiger partial charge in [-0.2, -0.15) is 0 Å². The van der Waals surface area contributed by atoms with Crippen LogP contribution in [0.25, 0.3) is 26.4 Å². The Labute approximate surface area is 249 Å². The summed E-state index contributed by atoms with van der Waals surface area (Å²) in [6, 6.07) is 9.49. The number of carbonyl (C=O) groups is 1. The SMILES string of the molecule is CC1(Oc2cc3c(cc2C(=O)NCCCN2CCCCC2)sc2nc(-c4ccc([C@H]5CCCN5)cc4F)cn23)COC1. The van der Waals surface area contributed by atoms with E-state index < -0.39 is 5.60 Å². The molecule has 7 rings (SSSR count). The lowest BCUT2D eigenvalue weighted by atomic mass is 10.0. The van der Waals surface area contributed by atoms with Crippen LogP contribution in [0.4, 0.5) is 4.39 Å². The Balaban J connectivity index is 1.15. The molecule has 10 heteroatoms. The van der Waals surface area contributed by atoms with Crippen LogP contribution in [0.2, 0.25) is 0 Å². The molecule has 3 saturated heterocycles. The van der Waals surface area contributed by atoms with E-state index >= 15 is 4.39 Å². The second kappa shape index (κ2) is 11.6. The first-order chi connectivity index (χ1) is 20.5. The monoisotopic (exact) mass is 591 g/mol. The van der Waals surface area contributed by atoms with Crippen molar-refractivity contribution in [3.63, 3.8) is 0 Å². The van der Waals surface area contributed by atoms with Gasteiger partial charge in [-0.1, -0.05) is 23.8 Å². The van der Waals surface area contributed by atoms with Crippen molar-refractivity contribution in [1.82, 2.24) is 24.9 Å². The molecule has 2 aromatic heterocycles. The lowest BCUT2D eigenvalue weighted by Gasteiger charge is -2.38. The van der Waals surface area contributed by atoms with E-state index in [0.717, 1.165) is 66.2 Å². The smallest absolute Gasteiger partial charge is 0.255 e. The number of nitrogens with zero attached hydrogens (tertiary/aromatic N) is 3. The fourth-order valence-corrected chi connectivity index (χ4v) is 7.37. The number of likely N-dealkylation sites (tertiary alicyclic amines) is 1. The van der Waals surface area contributed by atoms with Crippen LogP contribution in [-0.2, 0) is 4.74 Å². The fraction of sp³-hybridized carbons (Fsp3) is 0.500. The molecule has 0 aliphatic carbocycles. The number of hydrogen-bond donors (Lipinski definition) is 2. The number of fused-ring (bicyclic) bond motifs is 3. The molecule has 3 aliphatic rings. The zero-order valence-electron chi connectivity index (χ0n) is 24.1. The normalized spacial score (nSPS) is 20.7. The minimum absolute atomic E-state index is 0.139. The third kappa shape index (κ3) is 5.53. The van der Waals surface area contributed by atoms with Gasteiger partial charge in [0.2, 0.25) is 0 Å². The van der Waals surface area contributed by atoms with Crippen molar-refractivity contribution in [1.29, 1.82) is 0 Å². The van der Waals surface area contributed by atoms with Crippen molar-refractivity contribution < 1.29 is 18.7 Å². The second-order valence-electron chi connectivity index (χ2n) is 12.1. The molecule has 0 saturated carbocycles. The van der Waals surface area contributed by atoms with Crippen LogP contribution in [0, 0.1) is 5.82 Å². The summed E-state index contributed by atoms with van der Waals surface area (Å²) < 4.78 is 30.0. The molecule has 4 aromatic rings. The predicted molar refractivity (Wildman–Crippen MR) is 163 cm³/mol. The van der Waals surface area contributed by atoms with Crippen LogP contribution in [0.3, 0.4) is 0 Å². The average Bonchev–Trinajstić information content (AvgIpc) is 3.72. The van der Waals surface area contributed by atoms with E-state index in [-0.39, 0.29) is 17.8 Å². The second-order valence-corrected chi connectivity index (χ2v) is 13.2. The Hall–Kier alpha value is -3.05. The van der Waals surface area contributed by atoms with Gasteiger partial charge in [0, 0.05) is 30.4 Å². The summed E-state index contributed by atoms with van der Waals surface area (Å²) in [4.78, 5) is 21.4. The quantitative estimate of drug-likeness (QED) is 0.249. The van der Waals surface area contributed by atoms with Crippen LogP contribution < -0.4 is 15.4 Å². The van der Waals surface area contributed by atoms with Gasteiger partial charge in [-0.05, 0) is 89.0 Å². The van der Waals surface area contributed by atoms with Crippen LogP contribution in [0.5, 0.6) is 5.75 Å². The number of rotatable bonds is 9. The maximum absolute atomic E-state index is 15.3. The Morgan fingerprint density at radius 2 is 2.07 bits per heavy atom. The summed E-state index contributed by atoms with van der Waals surface area (Å²) in [5.41, 5.74) is 2.96. The zero-order chi connectivity index (χ0) is 28.7. The van der Waals surface area contributed by atoms with Gasteiger partial charge in [-0.25, -0.2) is 9.37 Å². The maximum atomic E-state index is 15.3. The summed E-state index contributed by atoms with van der Waals surface area (Å²) in [6.07, 6.45) is 8.77. The predicted octanol–water partition coefficient (Wildman–Crippen LogP) is 5.55. The number of halogens is 1. The van der Waals surface area contributed by atoms with Crippen molar-refractivity contribution in [2.45, 2.75) is 57.1 Å². The lowest BCUT2D eigenvalue weighted by Crippen LogP contribution is -2.52. The summed E-state index contributed by atoms with van der Waals surface area (Å²) in [5.74, 6) is 0.119. The van der Waals surface area contributed by atoms with E-state index in [1.165, 1.54) is 30.6 Å². The lowest BCUT2D eigenvalue weighted by molar-refractivity contribution is -0.150. The van der Waals surface area contributed by atoms with Crippen LogP contribution in [0.1, 0.15) is 67.4 Å². The molecule has 5 heterocycles. The van der Waals surface area contributed by atoms with Crippen LogP contribution in [-0.4, -0.2) is 71.7 Å². The highest BCUT2D eigenvalue weighted by atomic mass is 32.1. The summed E-state index contributed by atoms with van der Waals surface area (Å²) in [5, 5.41) is 6.55.